The predicted octanol–water partition coefficient (Wildman–Crippen LogP) is 18.3. The number of aliphatic hydroxyl groups is 2. The summed E-state index contributed by atoms with van der Waals surface area (Å²) >= 11 is 0. The number of hydrogen-bond acceptors (Lipinski definition) is 7. The molecule has 1 amide bonds. The lowest BCUT2D eigenvalue weighted by atomic mass is 9.99. The second-order valence-corrected chi connectivity index (χ2v) is 24.3. The molecule has 4 atom stereocenters. The first-order valence-corrected chi connectivity index (χ1v) is 33.5. The Hall–Kier alpha value is -2.36. The number of phosphoric acid groups is 1. The van der Waals surface area contributed by atoms with Crippen molar-refractivity contribution in [3.8, 4) is 0 Å². The minimum absolute atomic E-state index is 0.0413. The summed E-state index contributed by atoms with van der Waals surface area (Å²) in [5, 5.41) is 24.8. The van der Waals surface area contributed by atoms with Gasteiger partial charge in [-0.1, -0.05) is 285 Å². The van der Waals surface area contributed by atoms with E-state index in [-0.39, 0.29) is 18.9 Å². The largest absolute Gasteiger partial charge is 0.756 e. The molecule has 0 saturated carbocycles. The Morgan fingerprint density at radius 3 is 1.19 bits per heavy atom. The normalized spacial score (nSPS) is 14.8. The van der Waals surface area contributed by atoms with Gasteiger partial charge in [-0.15, -0.1) is 0 Å². The van der Waals surface area contributed by atoms with Gasteiger partial charge in [0.05, 0.1) is 39.9 Å². The van der Waals surface area contributed by atoms with Crippen LogP contribution in [0, 0.1) is 0 Å². The van der Waals surface area contributed by atoms with Crippen LogP contribution in [0.4, 0.5) is 0 Å². The first kappa shape index (κ1) is 74.6. The van der Waals surface area contributed by atoms with Crippen LogP contribution in [-0.2, 0) is 18.4 Å². The molecule has 0 fully saturated rings. The zero-order chi connectivity index (χ0) is 56.4. The van der Waals surface area contributed by atoms with Crippen molar-refractivity contribution in [3.63, 3.8) is 0 Å². The molecule has 9 nitrogen and oxygen atoms in total. The summed E-state index contributed by atoms with van der Waals surface area (Å²) in [5.74, 6) is -0.277. The fourth-order valence-corrected chi connectivity index (χ4v) is 9.96. The third kappa shape index (κ3) is 58.1. The summed E-state index contributed by atoms with van der Waals surface area (Å²) in [5.41, 5.74) is 0. The van der Waals surface area contributed by atoms with E-state index in [0.29, 0.717) is 17.4 Å². The third-order valence-electron chi connectivity index (χ3n) is 14.2. The Kier molecular flexibility index (Phi) is 55.2. The molecule has 0 bridgehead atoms. The Morgan fingerprint density at radius 1 is 0.481 bits per heavy atom. The van der Waals surface area contributed by atoms with Crippen LogP contribution in [0.3, 0.4) is 0 Å². The van der Waals surface area contributed by atoms with Crippen LogP contribution < -0.4 is 10.2 Å². The maximum Gasteiger partial charge on any atom is 0.268 e. The quantitative estimate of drug-likeness (QED) is 0.0239. The van der Waals surface area contributed by atoms with Crippen LogP contribution in [0.5, 0.6) is 0 Å². The topological polar surface area (TPSA) is 128 Å². The summed E-state index contributed by atoms with van der Waals surface area (Å²) in [4.78, 5) is 25.6. The number of amides is 1. The Bertz CT molecular complexity index is 1550. The number of carbonyl (C=O) groups excluding carboxylic acids is 1. The fourth-order valence-electron chi connectivity index (χ4n) is 9.24. The summed E-state index contributed by atoms with van der Waals surface area (Å²) < 4.78 is 23.3. The van der Waals surface area contributed by atoms with Crippen LogP contribution in [0.1, 0.15) is 277 Å². The van der Waals surface area contributed by atoms with Gasteiger partial charge < -0.3 is 34.0 Å². The Balaban J connectivity index is 3.97. The highest BCUT2D eigenvalue weighted by molar-refractivity contribution is 7.45. The number of hydrogen-bond donors (Lipinski definition) is 3. The average Bonchev–Trinajstić information content (AvgIpc) is 3.39. The predicted molar refractivity (Wildman–Crippen MR) is 331 cm³/mol. The third-order valence-corrected chi connectivity index (χ3v) is 15.2. The SMILES string of the molecule is CC/C=C\C/C=C\C/C=C\C/C=C\C/C=C\C/C=C\C/C=C\CCCCCCCCCCCCCCCCCCCCCC(=O)NC(COP(=O)([O-])OCC[N+](C)(C)C)C(O)C(O)CCCCCCCCCCCCCC. The number of unbranched alkanes of at least 4 members (excludes halogenated alkanes) is 30. The molecule has 0 spiro atoms. The minimum Gasteiger partial charge on any atom is -0.756 e. The molecule has 0 aromatic rings. The number of allylic oxidation sites excluding steroid dienone is 14. The molecule has 0 aromatic carbocycles. The molecule has 0 aliphatic carbocycles. The number of nitrogens with zero attached hydrogens (tertiary/aromatic N) is 1. The summed E-state index contributed by atoms with van der Waals surface area (Å²) in [6, 6.07) is -1.07. The first-order chi connectivity index (χ1) is 37.4. The lowest BCUT2D eigenvalue weighted by Crippen LogP contribution is -2.51. The van der Waals surface area contributed by atoms with Gasteiger partial charge in [0.25, 0.3) is 7.82 Å². The second-order valence-electron chi connectivity index (χ2n) is 22.9. The molecule has 0 heterocycles. The molecule has 0 aromatic heterocycles. The van der Waals surface area contributed by atoms with Gasteiger partial charge in [-0.3, -0.25) is 9.36 Å². The molecular weight excluding hydrogens is 976 g/mol. The number of carbonyl (C=O) groups is 1. The van der Waals surface area contributed by atoms with Crippen LogP contribution >= 0.6 is 7.82 Å². The molecule has 4 unspecified atom stereocenters. The van der Waals surface area contributed by atoms with Crippen molar-refractivity contribution in [1.82, 2.24) is 5.32 Å². The van der Waals surface area contributed by atoms with Crippen molar-refractivity contribution in [2.24, 2.45) is 0 Å². The van der Waals surface area contributed by atoms with Crippen molar-refractivity contribution in [2.45, 2.75) is 295 Å². The summed E-state index contributed by atoms with van der Waals surface area (Å²) in [7, 11) is 1.13. The van der Waals surface area contributed by atoms with E-state index in [2.05, 4.69) is 104 Å². The lowest BCUT2D eigenvalue weighted by molar-refractivity contribution is -0.870. The fraction of sp³-hybridized carbons (Fsp3) is 0.776. The Labute approximate surface area is 476 Å². The van der Waals surface area contributed by atoms with Crippen molar-refractivity contribution in [3.05, 3.63) is 85.1 Å². The molecule has 10 heteroatoms. The molecule has 448 valence electrons. The smallest absolute Gasteiger partial charge is 0.268 e. The minimum atomic E-state index is -4.67. The molecule has 0 aliphatic heterocycles. The number of rotatable bonds is 58. The van der Waals surface area contributed by atoms with Crippen LogP contribution in [0.2, 0.25) is 0 Å². The van der Waals surface area contributed by atoms with Crippen LogP contribution in [-0.4, -0.2) is 79.8 Å². The lowest BCUT2D eigenvalue weighted by Gasteiger charge is -2.31. The van der Waals surface area contributed by atoms with Gasteiger partial charge in [-0.05, 0) is 70.6 Å². The molecular formula is C67H123N2O7P. The van der Waals surface area contributed by atoms with Crippen LogP contribution in [0.25, 0.3) is 0 Å². The maximum absolute atomic E-state index is 13.0. The van der Waals surface area contributed by atoms with Gasteiger partial charge in [-0.25, -0.2) is 0 Å². The van der Waals surface area contributed by atoms with Crippen molar-refractivity contribution in [2.75, 3.05) is 40.9 Å². The molecule has 0 radical (unpaired) electrons. The van der Waals surface area contributed by atoms with Gasteiger partial charge >= 0.3 is 0 Å². The number of quaternary nitrogens is 1. The number of aliphatic hydroxyl groups excluding tert-OH is 2. The second kappa shape index (κ2) is 56.9. The van der Waals surface area contributed by atoms with Crippen LogP contribution in [0.15, 0.2) is 85.1 Å². The van der Waals surface area contributed by atoms with Gasteiger partial charge in [-0.2, -0.15) is 0 Å². The van der Waals surface area contributed by atoms with E-state index in [0.717, 1.165) is 89.9 Å². The van der Waals surface area contributed by atoms with Crippen molar-refractivity contribution in [1.29, 1.82) is 0 Å². The molecule has 0 saturated heterocycles. The zero-order valence-electron chi connectivity index (χ0n) is 50.8. The van der Waals surface area contributed by atoms with E-state index in [1.54, 1.807) is 0 Å². The van der Waals surface area contributed by atoms with E-state index >= 15 is 0 Å². The average molecular weight is 1100 g/mol. The van der Waals surface area contributed by atoms with E-state index in [1.807, 2.05) is 21.1 Å². The number of nitrogens with one attached hydrogen (secondary N) is 1. The summed E-state index contributed by atoms with van der Waals surface area (Å²) in [6.45, 7) is 4.33. The molecule has 3 N–H and O–H groups in total. The monoisotopic (exact) mass is 1100 g/mol. The highest BCUT2D eigenvalue weighted by atomic mass is 31.2. The molecule has 0 aliphatic rings. The highest BCUT2D eigenvalue weighted by Gasteiger charge is 2.29. The maximum atomic E-state index is 13.0. The molecule has 0 rings (SSSR count). The van der Waals surface area contributed by atoms with Gasteiger partial charge in [0.15, 0.2) is 0 Å². The van der Waals surface area contributed by atoms with E-state index < -0.39 is 32.7 Å². The van der Waals surface area contributed by atoms with Gasteiger partial charge in [0, 0.05) is 6.42 Å². The first-order valence-electron chi connectivity index (χ1n) is 32.0. The highest BCUT2D eigenvalue weighted by Crippen LogP contribution is 2.38. The standard InChI is InChI=1S/C67H123N2O7P/c1-6-8-10-12-14-16-18-20-21-22-23-24-25-26-27-28-29-30-31-32-33-34-35-36-37-38-39-40-41-42-43-44-45-46-47-48-50-52-54-56-58-60-66(71)68-64(63-76-77(73,74)75-62-61-69(3,4)5)67(72)65(70)59-57-55-53-51-49-19-17-15-13-11-9-7-2/h8,10,14,16,20-21,23-24,26-27,29-30,32-33,64-65,67,70,72H,6-7,9,11-13,15,17-19,22,25,28,31,34-63H2,1-5H3,(H-,68,71,73,74)/b10-8-,16-14-,21-20-,24-23-,27-26-,30-29-,33-32-. The number of likely N-dealkylation sites (N-methyl/N-ethyl adjacent to an activating group) is 1. The summed E-state index contributed by atoms with van der Waals surface area (Å²) in [6.07, 6.45) is 76.7. The van der Waals surface area contributed by atoms with E-state index in [9.17, 15) is 24.5 Å². The van der Waals surface area contributed by atoms with Gasteiger partial charge in [0.1, 0.15) is 19.3 Å². The Morgan fingerprint density at radius 2 is 0.818 bits per heavy atom. The van der Waals surface area contributed by atoms with Crippen molar-refractivity contribution < 1.29 is 38.0 Å². The van der Waals surface area contributed by atoms with Crippen molar-refractivity contribution >= 4 is 13.7 Å². The zero-order valence-corrected chi connectivity index (χ0v) is 51.7. The number of phosphoric ester groups is 1. The van der Waals surface area contributed by atoms with Gasteiger partial charge in [0.2, 0.25) is 5.91 Å². The van der Waals surface area contributed by atoms with E-state index in [1.165, 1.54) is 161 Å². The molecule has 77 heavy (non-hydrogen) atoms. The van der Waals surface area contributed by atoms with E-state index in [4.69, 9.17) is 9.05 Å².